The molecule has 3 aromatic rings. The summed E-state index contributed by atoms with van der Waals surface area (Å²) in [5, 5.41) is 12.1. The predicted molar refractivity (Wildman–Crippen MR) is 111 cm³/mol. The van der Waals surface area contributed by atoms with Crippen LogP contribution in [0.2, 0.25) is 0 Å². The highest BCUT2D eigenvalue weighted by molar-refractivity contribution is 8.00. The molecule has 6 nitrogen and oxygen atoms in total. The molecule has 2 atom stereocenters. The van der Waals surface area contributed by atoms with Gasteiger partial charge in [0.1, 0.15) is 0 Å². The molecule has 28 heavy (non-hydrogen) atoms. The van der Waals surface area contributed by atoms with Crippen LogP contribution in [0.4, 0.5) is 0 Å². The third kappa shape index (κ3) is 4.65. The number of hydrogen-bond donors (Lipinski definition) is 1. The fourth-order valence-electron chi connectivity index (χ4n) is 3.05. The third-order valence-electron chi connectivity index (χ3n) is 4.52. The van der Waals surface area contributed by atoms with Crippen LogP contribution in [0.25, 0.3) is 11.6 Å². The first-order chi connectivity index (χ1) is 13.6. The quantitative estimate of drug-likeness (QED) is 0.529. The van der Waals surface area contributed by atoms with Gasteiger partial charge in [0.25, 0.3) is 0 Å². The fourth-order valence-corrected chi connectivity index (χ4v) is 3.97. The number of hydrogen-bond acceptors (Lipinski definition) is 5. The van der Waals surface area contributed by atoms with Gasteiger partial charge in [0.2, 0.25) is 5.91 Å². The van der Waals surface area contributed by atoms with E-state index in [1.807, 2.05) is 48.7 Å². The zero-order chi connectivity index (χ0) is 19.9. The number of benzene rings is 1. The first-order valence-corrected chi connectivity index (χ1v) is 10.5. The summed E-state index contributed by atoms with van der Waals surface area (Å²) in [5.74, 6) is 1.35. The van der Waals surface area contributed by atoms with Crippen molar-refractivity contribution in [3.8, 4) is 11.6 Å². The molecule has 0 spiro atoms. The Morgan fingerprint density at radius 2 is 1.96 bits per heavy atom. The lowest BCUT2D eigenvalue weighted by Crippen LogP contribution is -2.34. The molecule has 2 unspecified atom stereocenters. The Kier molecular flexibility index (Phi) is 6.92. The van der Waals surface area contributed by atoms with Crippen molar-refractivity contribution in [3.63, 3.8) is 0 Å². The maximum absolute atomic E-state index is 12.8. The van der Waals surface area contributed by atoms with E-state index in [1.54, 1.807) is 6.26 Å². The lowest BCUT2D eigenvalue weighted by atomic mass is 10.0. The zero-order valence-corrected chi connectivity index (χ0v) is 17.3. The Morgan fingerprint density at radius 1 is 1.18 bits per heavy atom. The molecule has 1 amide bonds. The minimum Gasteiger partial charge on any atom is -0.461 e. The second-order valence-corrected chi connectivity index (χ2v) is 7.86. The van der Waals surface area contributed by atoms with E-state index in [2.05, 4.69) is 34.6 Å². The molecule has 1 aromatic carbocycles. The second-order valence-electron chi connectivity index (χ2n) is 6.55. The molecule has 0 aliphatic heterocycles. The van der Waals surface area contributed by atoms with Crippen molar-refractivity contribution < 1.29 is 9.21 Å². The van der Waals surface area contributed by atoms with Gasteiger partial charge in [-0.15, -0.1) is 10.2 Å². The predicted octanol–water partition coefficient (Wildman–Crippen LogP) is 4.70. The van der Waals surface area contributed by atoms with E-state index in [0.29, 0.717) is 23.3 Å². The van der Waals surface area contributed by atoms with Crippen molar-refractivity contribution in [2.45, 2.75) is 56.6 Å². The summed E-state index contributed by atoms with van der Waals surface area (Å²) in [5.41, 5.74) is 1.13. The van der Waals surface area contributed by atoms with Gasteiger partial charge in [0.15, 0.2) is 16.7 Å². The van der Waals surface area contributed by atoms with E-state index in [9.17, 15) is 4.79 Å². The molecule has 0 aliphatic rings. The maximum Gasteiger partial charge on any atom is 0.233 e. The lowest BCUT2D eigenvalue weighted by Gasteiger charge is -2.21. The monoisotopic (exact) mass is 398 g/mol. The highest BCUT2D eigenvalue weighted by atomic mass is 32.2. The van der Waals surface area contributed by atoms with Crippen LogP contribution in [0.1, 0.15) is 45.2 Å². The highest BCUT2D eigenvalue weighted by Gasteiger charge is 2.23. The van der Waals surface area contributed by atoms with Crippen molar-refractivity contribution >= 4 is 17.7 Å². The normalized spacial score (nSPS) is 13.2. The van der Waals surface area contributed by atoms with Crippen molar-refractivity contribution in [3.05, 3.63) is 54.3 Å². The summed E-state index contributed by atoms with van der Waals surface area (Å²) in [6, 6.07) is 13.8. The molecule has 7 heteroatoms. The molecule has 0 aliphatic carbocycles. The number of carbonyl (C=O) groups is 1. The maximum atomic E-state index is 12.8. The molecule has 3 rings (SSSR count). The van der Waals surface area contributed by atoms with E-state index >= 15 is 0 Å². The molecule has 2 heterocycles. The Bertz CT molecular complexity index is 877. The van der Waals surface area contributed by atoms with E-state index in [4.69, 9.17) is 4.42 Å². The second kappa shape index (κ2) is 9.59. The van der Waals surface area contributed by atoms with Crippen molar-refractivity contribution in [2.75, 3.05) is 0 Å². The highest BCUT2D eigenvalue weighted by Crippen LogP contribution is 2.28. The van der Waals surface area contributed by atoms with Crippen LogP contribution >= 0.6 is 11.8 Å². The van der Waals surface area contributed by atoms with Crippen molar-refractivity contribution in [2.24, 2.45) is 0 Å². The molecule has 0 bridgehead atoms. The molecule has 1 N–H and O–H groups in total. The van der Waals surface area contributed by atoms with Gasteiger partial charge in [-0.05, 0) is 38.0 Å². The van der Waals surface area contributed by atoms with Gasteiger partial charge in [0.05, 0.1) is 17.6 Å². The number of nitrogens with one attached hydrogen (secondary N) is 1. The van der Waals surface area contributed by atoms with Gasteiger partial charge in [-0.25, -0.2) is 0 Å². The molecule has 0 saturated carbocycles. The summed E-state index contributed by atoms with van der Waals surface area (Å²) in [4.78, 5) is 12.8. The first kappa shape index (κ1) is 20.2. The van der Waals surface area contributed by atoms with Crippen LogP contribution in [-0.2, 0) is 11.3 Å². The van der Waals surface area contributed by atoms with E-state index in [0.717, 1.165) is 18.4 Å². The Balaban J connectivity index is 1.70. The standard InChI is InChI=1S/C21H26N4O2S/c1-4-10-17(16-11-7-6-8-12-16)22-20(26)15(3)28-21-24-23-19(25(21)5-2)18-13-9-14-27-18/h6-9,11-15,17H,4-5,10H2,1-3H3,(H,22,26). The van der Waals surface area contributed by atoms with E-state index < -0.39 is 0 Å². The van der Waals surface area contributed by atoms with Gasteiger partial charge in [-0.1, -0.05) is 55.4 Å². The molecular weight excluding hydrogens is 372 g/mol. The number of furan rings is 1. The Labute approximate surface area is 169 Å². The fraction of sp³-hybridized carbons (Fsp3) is 0.381. The summed E-state index contributed by atoms with van der Waals surface area (Å²) < 4.78 is 7.41. The Hall–Kier alpha value is -2.54. The van der Waals surface area contributed by atoms with Crippen LogP contribution in [0.15, 0.2) is 58.3 Å². The molecule has 2 aromatic heterocycles. The van der Waals surface area contributed by atoms with Gasteiger partial charge < -0.3 is 9.73 Å². The van der Waals surface area contributed by atoms with Gasteiger partial charge >= 0.3 is 0 Å². The third-order valence-corrected chi connectivity index (χ3v) is 5.60. The van der Waals surface area contributed by atoms with Crippen LogP contribution in [0.5, 0.6) is 0 Å². The molecule has 148 valence electrons. The first-order valence-electron chi connectivity index (χ1n) is 9.63. The molecule has 0 saturated heterocycles. The molecular formula is C21H26N4O2S. The summed E-state index contributed by atoms with van der Waals surface area (Å²) in [7, 11) is 0. The van der Waals surface area contributed by atoms with Crippen molar-refractivity contribution in [1.29, 1.82) is 0 Å². The summed E-state index contributed by atoms with van der Waals surface area (Å²) in [6.45, 7) is 6.74. The lowest BCUT2D eigenvalue weighted by molar-refractivity contribution is -0.121. The summed E-state index contributed by atoms with van der Waals surface area (Å²) >= 11 is 1.41. The molecule has 0 radical (unpaired) electrons. The molecule has 0 fully saturated rings. The topological polar surface area (TPSA) is 73.0 Å². The number of nitrogens with zero attached hydrogens (tertiary/aromatic N) is 3. The largest absolute Gasteiger partial charge is 0.461 e. The number of aromatic nitrogens is 3. The van der Waals surface area contributed by atoms with Crippen LogP contribution in [0.3, 0.4) is 0 Å². The number of rotatable bonds is 9. The number of carbonyl (C=O) groups excluding carboxylic acids is 1. The minimum absolute atomic E-state index is 0.00231. The number of thioether (sulfide) groups is 1. The van der Waals surface area contributed by atoms with E-state index in [-0.39, 0.29) is 17.2 Å². The average molecular weight is 399 g/mol. The minimum atomic E-state index is -0.290. The van der Waals surface area contributed by atoms with E-state index in [1.165, 1.54) is 11.8 Å². The SMILES string of the molecule is CCCC(NC(=O)C(C)Sc1nnc(-c2ccco2)n1CC)c1ccccc1. The van der Waals surface area contributed by atoms with Gasteiger partial charge in [-0.2, -0.15) is 0 Å². The smallest absolute Gasteiger partial charge is 0.233 e. The van der Waals surface area contributed by atoms with Crippen LogP contribution in [-0.4, -0.2) is 25.9 Å². The van der Waals surface area contributed by atoms with Crippen molar-refractivity contribution in [1.82, 2.24) is 20.1 Å². The summed E-state index contributed by atoms with van der Waals surface area (Å²) in [6.07, 6.45) is 3.52. The van der Waals surface area contributed by atoms with Gasteiger partial charge in [-0.3, -0.25) is 9.36 Å². The van der Waals surface area contributed by atoms with Crippen LogP contribution in [0, 0.1) is 0 Å². The average Bonchev–Trinajstić information content (AvgIpc) is 3.37. The Morgan fingerprint density at radius 3 is 2.61 bits per heavy atom. The number of amides is 1. The van der Waals surface area contributed by atoms with Crippen LogP contribution < -0.4 is 5.32 Å². The zero-order valence-electron chi connectivity index (χ0n) is 16.5. The van der Waals surface area contributed by atoms with Gasteiger partial charge in [0, 0.05) is 6.54 Å².